The van der Waals surface area contributed by atoms with E-state index < -0.39 is 5.60 Å². The molecule has 0 aromatic carbocycles. The normalized spacial score (nSPS) is 17.9. The van der Waals surface area contributed by atoms with E-state index in [0.29, 0.717) is 11.8 Å². The summed E-state index contributed by atoms with van der Waals surface area (Å²) in [5.41, 5.74) is -0.476. The molecule has 14 heavy (non-hydrogen) atoms. The monoisotopic (exact) mass is 198 g/mol. The van der Waals surface area contributed by atoms with Crippen LogP contribution in [0.3, 0.4) is 0 Å². The van der Waals surface area contributed by atoms with E-state index >= 15 is 0 Å². The summed E-state index contributed by atoms with van der Waals surface area (Å²) in [5.74, 6) is 0.967. The Morgan fingerprint density at radius 1 is 1.29 bits per heavy atom. The van der Waals surface area contributed by atoms with Gasteiger partial charge in [-0.1, -0.05) is 40.2 Å². The SMILES string of the molecule is C=CC(C)CC(O)(CCC)CC(C)C. The lowest BCUT2D eigenvalue weighted by atomic mass is 9.81. The van der Waals surface area contributed by atoms with Gasteiger partial charge in [0.05, 0.1) is 5.60 Å². The van der Waals surface area contributed by atoms with Crippen LogP contribution in [0.2, 0.25) is 0 Å². The maximum Gasteiger partial charge on any atom is 0.0655 e. The Morgan fingerprint density at radius 3 is 2.21 bits per heavy atom. The van der Waals surface area contributed by atoms with Crippen LogP contribution in [0.5, 0.6) is 0 Å². The third kappa shape index (κ3) is 5.43. The molecule has 0 aliphatic heterocycles. The molecular formula is C13H26O. The van der Waals surface area contributed by atoms with Gasteiger partial charge in [0.15, 0.2) is 0 Å². The Labute approximate surface area is 89.2 Å². The first-order valence-corrected chi connectivity index (χ1v) is 5.78. The smallest absolute Gasteiger partial charge is 0.0655 e. The molecule has 0 aromatic heterocycles. The van der Waals surface area contributed by atoms with Gasteiger partial charge in [0.2, 0.25) is 0 Å². The number of aliphatic hydroxyl groups is 1. The highest BCUT2D eigenvalue weighted by atomic mass is 16.3. The van der Waals surface area contributed by atoms with Crippen LogP contribution in [0, 0.1) is 11.8 Å². The summed E-state index contributed by atoms with van der Waals surface area (Å²) in [7, 11) is 0. The lowest BCUT2D eigenvalue weighted by Crippen LogP contribution is -2.32. The fourth-order valence-electron chi connectivity index (χ4n) is 2.20. The molecule has 0 aromatic rings. The van der Waals surface area contributed by atoms with Gasteiger partial charge >= 0.3 is 0 Å². The molecule has 1 nitrogen and oxygen atoms in total. The van der Waals surface area contributed by atoms with E-state index in [1.54, 1.807) is 0 Å². The van der Waals surface area contributed by atoms with Crippen molar-refractivity contribution in [1.82, 2.24) is 0 Å². The molecule has 0 rings (SSSR count). The van der Waals surface area contributed by atoms with Crippen molar-refractivity contribution < 1.29 is 5.11 Å². The highest BCUT2D eigenvalue weighted by Gasteiger charge is 2.28. The first kappa shape index (κ1) is 13.7. The second-order valence-corrected chi connectivity index (χ2v) is 4.99. The number of allylic oxidation sites excluding steroid dienone is 1. The second-order valence-electron chi connectivity index (χ2n) is 4.99. The van der Waals surface area contributed by atoms with Crippen molar-refractivity contribution in [1.29, 1.82) is 0 Å². The van der Waals surface area contributed by atoms with Crippen molar-refractivity contribution in [3.05, 3.63) is 12.7 Å². The standard InChI is InChI=1S/C13H26O/c1-6-8-13(14,9-11(3)4)10-12(5)7-2/h7,11-12,14H,2,6,8-10H2,1,3-5H3. The summed E-state index contributed by atoms with van der Waals surface area (Å²) in [5, 5.41) is 10.4. The van der Waals surface area contributed by atoms with Crippen LogP contribution >= 0.6 is 0 Å². The predicted octanol–water partition coefficient (Wildman–Crippen LogP) is 3.78. The molecule has 0 saturated carbocycles. The van der Waals surface area contributed by atoms with Gasteiger partial charge in [-0.25, -0.2) is 0 Å². The summed E-state index contributed by atoms with van der Waals surface area (Å²) in [6, 6.07) is 0. The molecule has 0 saturated heterocycles. The molecule has 0 amide bonds. The quantitative estimate of drug-likeness (QED) is 0.617. The molecule has 0 aliphatic carbocycles. The van der Waals surface area contributed by atoms with Gasteiger partial charge in [-0.05, 0) is 31.1 Å². The number of hydrogen-bond acceptors (Lipinski definition) is 1. The lowest BCUT2D eigenvalue weighted by Gasteiger charge is -2.31. The molecule has 0 fully saturated rings. The zero-order valence-corrected chi connectivity index (χ0v) is 10.2. The van der Waals surface area contributed by atoms with Gasteiger partial charge in [0.25, 0.3) is 0 Å². The summed E-state index contributed by atoms with van der Waals surface area (Å²) >= 11 is 0. The molecule has 0 spiro atoms. The molecule has 1 heteroatoms. The molecule has 0 bridgehead atoms. The minimum atomic E-state index is -0.476. The highest BCUT2D eigenvalue weighted by Crippen LogP contribution is 2.29. The van der Waals surface area contributed by atoms with Crippen LogP contribution in [0.15, 0.2) is 12.7 Å². The topological polar surface area (TPSA) is 20.2 Å². The highest BCUT2D eigenvalue weighted by molar-refractivity contribution is 4.87. The Morgan fingerprint density at radius 2 is 1.86 bits per heavy atom. The van der Waals surface area contributed by atoms with E-state index in [1.165, 1.54) is 0 Å². The zero-order chi connectivity index (χ0) is 11.2. The van der Waals surface area contributed by atoms with Crippen molar-refractivity contribution in [3.8, 4) is 0 Å². The Kier molecular flexibility index (Phi) is 6.10. The minimum absolute atomic E-state index is 0.408. The number of hydrogen-bond donors (Lipinski definition) is 1. The zero-order valence-electron chi connectivity index (χ0n) is 10.2. The van der Waals surface area contributed by atoms with Crippen molar-refractivity contribution in [3.63, 3.8) is 0 Å². The lowest BCUT2D eigenvalue weighted by molar-refractivity contribution is -0.00522. The van der Waals surface area contributed by atoms with Crippen molar-refractivity contribution in [2.45, 2.75) is 59.0 Å². The Balaban J connectivity index is 4.29. The summed E-state index contributed by atoms with van der Waals surface area (Å²) in [6.07, 6.45) is 5.64. The second kappa shape index (κ2) is 6.23. The fourth-order valence-corrected chi connectivity index (χ4v) is 2.20. The van der Waals surface area contributed by atoms with Gasteiger partial charge in [-0.2, -0.15) is 0 Å². The van der Waals surface area contributed by atoms with Crippen LogP contribution in [-0.2, 0) is 0 Å². The fraction of sp³-hybridized carbons (Fsp3) is 0.846. The van der Waals surface area contributed by atoms with Gasteiger partial charge in [-0.3, -0.25) is 0 Å². The van der Waals surface area contributed by atoms with E-state index in [2.05, 4.69) is 34.3 Å². The molecule has 1 N–H and O–H groups in total. The van der Waals surface area contributed by atoms with Gasteiger partial charge in [-0.15, -0.1) is 6.58 Å². The van der Waals surface area contributed by atoms with Gasteiger partial charge in [0.1, 0.15) is 0 Å². The summed E-state index contributed by atoms with van der Waals surface area (Å²) in [4.78, 5) is 0. The molecule has 0 aliphatic rings. The predicted molar refractivity (Wildman–Crippen MR) is 63.3 cm³/mol. The van der Waals surface area contributed by atoms with Crippen molar-refractivity contribution >= 4 is 0 Å². The van der Waals surface area contributed by atoms with Crippen molar-refractivity contribution in [2.24, 2.45) is 11.8 Å². The van der Waals surface area contributed by atoms with Gasteiger partial charge in [0, 0.05) is 0 Å². The van der Waals surface area contributed by atoms with E-state index in [1.807, 2.05) is 6.08 Å². The largest absolute Gasteiger partial charge is 0.390 e. The van der Waals surface area contributed by atoms with E-state index in [4.69, 9.17) is 0 Å². The first-order chi connectivity index (χ1) is 6.43. The van der Waals surface area contributed by atoms with Gasteiger partial charge < -0.3 is 5.11 Å². The first-order valence-electron chi connectivity index (χ1n) is 5.78. The van der Waals surface area contributed by atoms with E-state index in [9.17, 15) is 5.11 Å². The minimum Gasteiger partial charge on any atom is -0.390 e. The molecular weight excluding hydrogens is 172 g/mol. The molecule has 2 unspecified atom stereocenters. The summed E-state index contributed by atoms with van der Waals surface area (Å²) in [6.45, 7) is 12.4. The van der Waals surface area contributed by atoms with Crippen LogP contribution in [-0.4, -0.2) is 10.7 Å². The molecule has 0 radical (unpaired) electrons. The van der Waals surface area contributed by atoms with E-state index in [0.717, 1.165) is 25.7 Å². The Bertz CT molecular complexity index is 163. The van der Waals surface area contributed by atoms with Crippen LogP contribution < -0.4 is 0 Å². The summed E-state index contributed by atoms with van der Waals surface area (Å²) < 4.78 is 0. The maximum absolute atomic E-state index is 10.4. The third-order valence-corrected chi connectivity index (χ3v) is 2.61. The van der Waals surface area contributed by atoms with Crippen molar-refractivity contribution in [2.75, 3.05) is 0 Å². The number of rotatable bonds is 7. The molecule has 84 valence electrons. The van der Waals surface area contributed by atoms with Crippen LogP contribution in [0.25, 0.3) is 0 Å². The third-order valence-electron chi connectivity index (χ3n) is 2.61. The average Bonchev–Trinajstić information content (AvgIpc) is 2.02. The Hall–Kier alpha value is -0.300. The molecule has 2 atom stereocenters. The van der Waals surface area contributed by atoms with Crippen LogP contribution in [0.1, 0.15) is 53.4 Å². The average molecular weight is 198 g/mol. The maximum atomic E-state index is 10.4. The van der Waals surface area contributed by atoms with E-state index in [-0.39, 0.29) is 0 Å². The van der Waals surface area contributed by atoms with Crippen LogP contribution in [0.4, 0.5) is 0 Å². The molecule has 0 heterocycles.